The van der Waals surface area contributed by atoms with Crippen LogP contribution in [-0.4, -0.2) is 52.8 Å². The van der Waals surface area contributed by atoms with Gasteiger partial charge in [0.1, 0.15) is 11.6 Å². The molecule has 9 heteroatoms. The molecule has 2 N–H and O–H groups in total. The summed E-state index contributed by atoms with van der Waals surface area (Å²) in [5, 5.41) is 4.82. The van der Waals surface area contributed by atoms with Gasteiger partial charge in [-0.1, -0.05) is 17.9 Å². The fourth-order valence-corrected chi connectivity index (χ4v) is 3.46. The predicted octanol–water partition coefficient (Wildman–Crippen LogP) is 1.74. The number of nitrogens with one attached hydrogen (secondary N) is 2. The largest absolute Gasteiger partial charge is 0.444 e. The predicted molar refractivity (Wildman–Crippen MR) is 113 cm³/mol. The minimum Gasteiger partial charge on any atom is -0.444 e. The maximum Gasteiger partial charge on any atom is 0.407 e. The van der Waals surface area contributed by atoms with Crippen LogP contribution in [0.2, 0.25) is 0 Å². The lowest BCUT2D eigenvalue weighted by atomic mass is 10.0. The number of unbranched alkanes of at least 4 members (excludes halogenated alkanes) is 1. The first-order valence-corrected chi connectivity index (χ1v) is 10.4. The Morgan fingerprint density at radius 3 is 2.66 bits per heavy atom. The molecule has 0 bridgehead atoms. The lowest BCUT2D eigenvalue weighted by Gasteiger charge is -2.27. The van der Waals surface area contributed by atoms with Crippen molar-refractivity contribution in [2.24, 2.45) is 0 Å². The van der Waals surface area contributed by atoms with E-state index in [1.807, 2.05) is 0 Å². The van der Waals surface area contributed by atoms with E-state index in [-0.39, 0.29) is 24.0 Å². The van der Waals surface area contributed by atoms with Crippen LogP contribution in [-0.2, 0) is 14.3 Å². The zero-order valence-corrected chi connectivity index (χ0v) is 18.2. The molecule has 1 saturated heterocycles. The average molecular weight is 439 g/mol. The van der Waals surface area contributed by atoms with Crippen LogP contribution >= 0.6 is 0 Å². The third kappa shape index (κ3) is 5.14. The number of hydrogen-bond donors (Lipinski definition) is 2. The van der Waals surface area contributed by atoms with Crippen LogP contribution in [0, 0.1) is 11.8 Å². The van der Waals surface area contributed by atoms with Crippen molar-refractivity contribution >= 4 is 29.7 Å². The highest BCUT2D eigenvalue weighted by atomic mass is 16.6. The smallest absolute Gasteiger partial charge is 0.407 e. The number of carbonyl (C=O) groups excluding carboxylic acids is 5. The first-order valence-electron chi connectivity index (χ1n) is 10.4. The number of imide groups is 2. The molecule has 2 aliphatic rings. The highest BCUT2D eigenvalue weighted by molar-refractivity contribution is 6.24. The Balaban J connectivity index is 1.64. The maximum atomic E-state index is 13.0. The maximum absolute atomic E-state index is 13.0. The number of nitrogens with zero attached hydrogens (tertiary/aromatic N) is 1. The Kier molecular flexibility index (Phi) is 6.63. The third-order valence-electron chi connectivity index (χ3n) is 4.84. The molecular formula is C23H25N3O6. The molecule has 0 saturated carbocycles. The average Bonchev–Trinajstić information content (AvgIpc) is 2.95. The third-order valence-corrected chi connectivity index (χ3v) is 4.84. The molecule has 1 unspecified atom stereocenters. The number of fused-ring (bicyclic) bond motifs is 1. The summed E-state index contributed by atoms with van der Waals surface area (Å²) in [5.74, 6) is 3.64. The van der Waals surface area contributed by atoms with Gasteiger partial charge in [-0.15, -0.1) is 0 Å². The second kappa shape index (κ2) is 9.22. The lowest BCUT2D eigenvalue weighted by molar-refractivity contribution is -0.136. The van der Waals surface area contributed by atoms with Gasteiger partial charge in [-0.2, -0.15) is 0 Å². The SMILES string of the molecule is CC(C)(C)OC(=O)NCCCC#Cc1cccc2c1C(=O)N(C1CCC(=O)NC1=O)C2=O. The molecule has 2 heterocycles. The van der Waals surface area contributed by atoms with Gasteiger partial charge in [0.05, 0.1) is 11.1 Å². The van der Waals surface area contributed by atoms with Gasteiger partial charge in [0.2, 0.25) is 11.8 Å². The molecule has 1 atom stereocenters. The summed E-state index contributed by atoms with van der Waals surface area (Å²) in [4.78, 5) is 61.9. The van der Waals surface area contributed by atoms with Crippen LogP contribution in [0.25, 0.3) is 0 Å². The molecule has 1 aromatic carbocycles. The van der Waals surface area contributed by atoms with Crippen molar-refractivity contribution in [2.75, 3.05) is 6.54 Å². The van der Waals surface area contributed by atoms with E-state index in [1.54, 1.807) is 32.9 Å². The molecule has 1 fully saturated rings. The topological polar surface area (TPSA) is 122 Å². The van der Waals surface area contributed by atoms with Gasteiger partial charge >= 0.3 is 6.09 Å². The molecule has 5 amide bonds. The van der Waals surface area contributed by atoms with Crippen molar-refractivity contribution in [3.8, 4) is 11.8 Å². The monoisotopic (exact) mass is 439 g/mol. The zero-order valence-electron chi connectivity index (χ0n) is 18.2. The van der Waals surface area contributed by atoms with Crippen LogP contribution < -0.4 is 10.6 Å². The van der Waals surface area contributed by atoms with Crippen LogP contribution in [0.3, 0.4) is 0 Å². The van der Waals surface area contributed by atoms with Crippen LogP contribution in [0.5, 0.6) is 0 Å². The highest BCUT2D eigenvalue weighted by Gasteiger charge is 2.45. The molecule has 32 heavy (non-hydrogen) atoms. The molecule has 0 spiro atoms. The van der Waals surface area contributed by atoms with Crippen molar-refractivity contribution in [2.45, 2.75) is 58.1 Å². The van der Waals surface area contributed by atoms with Crippen LogP contribution in [0.15, 0.2) is 18.2 Å². The number of carbonyl (C=O) groups is 5. The van der Waals surface area contributed by atoms with E-state index in [2.05, 4.69) is 22.5 Å². The zero-order chi connectivity index (χ0) is 23.5. The molecule has 0 aromatic heterocycles. The Bertz CT molecular complexity index is 1040. The van der Waals surface area contributed by atoms with Crippen molar-refractivity contribution in [1.29, 1.82) is 0 Å². The number of rotatable bonds is 4. The first kappa shape index (κ1) is 23.0. The summed E-state index contributed by atoms with van der Waals surface area (Å²) in [6.07, 6.45) is 0.703. The van der Waals surface area contributed by atoms with E-state index >= 15 is 0 Å². The lowest BCUT2D eigenvalue weighted by Crippen LogP contribution is -2.54. The molecule has 168 valence electrons. The Morgan fingerprint density at radius 1 is 1.22 bits per heavy atom. The number of alkyl carbamates (subject to hydrolysis) is 1. The van der Waals surface area contributed by atoms with E-state index in [4.69, 9.17) is 4.74 Å². The molecule has 0 radical (unpaired) electrons. The summed E-state index contributed by atoms with van der Waals surface area (Å²) in [7, 11) is 0. The van der Waals surface area contributed by atoms with Crippen molar-refractivity contribution in [3.05, 3.63) is 34.9 Å². The molecule has 1 aromatic rings. The van der Waals surface area contributed by atoms with Crippen molar-refractivity contribution < 1.29 is 28.7 Å². The Morgan fingerprint density at radius 2 is 1.97 bits per heavy atom. The molecule has 0 aliphatic carbocycles. The van der Waals surface area contributed by atoms with Gasteiger partial charge in [-0.25, -0.2) is 4.79 Å². The summed E-state index contributed by atoms with van der Waals surface area (Å²) in [6.45, 7) is 5.73. The minimum atomic E-state index is -1.01. The standard InChI is InChI=1S/C23H25N3O6/c1-23(2,3)32-22(31)24-13-6-4-5-8-14-9-7-10-15-18(14)21(30)26(20(15)29)16-11-12-17(27)25-19(16)28/h7,9-10,16H,4,6,11-13H2,1-3H3,(H,24,31)(H,25,27,28). The Hall–Kier alpha value is -3.67. The van der Waals surface area contributed by atoms with Crippen LogP contribution in [0.4, 0.5) is 4.79 Å². The van der Waals surface area contributed by atoms with E-state index in [0.29, 0.717) is 24.9 Å². The highest BCUT2D eigenvalue weighted by Crippen LogP contribution is 2.29. The fraction of sp³-hybridized carbons (Fsp3) is 0.435. The fourth-order valence-electron chi connectivity index (χ4n) is 3.46. The molecule has 2 aliphatic heterocycles. The quantitative estimate of drug-likeness (QED) is 0.419. The van der Waals surface area contributed by atoms with E-state index in [0.717, 1.165) is 4.90 Å². The van der Waals surface area contributed by atoms with Gasteiger partial charge in [-0.3, -0.25) is 29.4 Å². The van der Waals surface area contributed by atoms with E-state index in [9.17, 15) is 24.0 Å². The summed E-state index contributed by atoms with van der Waals surface area (Å²) in [5.41, 5.74) is 0.193. The number of piperidine rings is 1. The summed E-state index contributed by atoms with van der Waals surface area (Å²) in [6, 6.07) is 3.78. The number of benzene rings is 1. The molecule has 9 nitrogen and oxygen atoms in total. The van der Waals surface area contributed by atoms with Gasteiger partial charge in [0.25, 0.3) is 11.8 Å². The summed E-state index contributed by atoms with van der Waals surface area (Å²) < 4.78 is 5.15. The number of ether oxygens (including phenoxy) is 1. The minimum absolute atomic E-state index is 0.0633. The van der Waals surface area contributed by atoms with Gasteiger partial charge < -0.3 is 10.1 Å². The van der Waals surface area contributed by atoms with Crippen molar-refractivity contribution in [1.82, 2.24) is 15.5 Å². The first-order chi connectivity index (χ1) is 15.1. The second-order valence-corrected chi connectivity index (χ2v) is 8.51. The molecular weight excluding hydrogens is 414 g/mol. The second-order valence-electron chi connectivity index (χ2n) is 8.51. The Labute approximate surface area is 185 Å². The normalized spacial score (nSPS) is 18.0. The van der Waals surface area contributed by atoms with Gasteiger partial charge in [0, 0.05) is 24.9 Å². The molecule has 3 rings (SSSR count). The van der Waals surface area contributed by atoms with Gasteiger partial charge in [-0.05, 0) is 45.7 Å². The summed E-state index contributed by atoms with van der Waals surface area (Å²) >= 11 is 0. The number of amides is 5. The van der Waals surface area contributed by atoms with Gasteiger partial charge in [0.15, 0.2) is 0 Å². The van der Waals surface area contributed by atoms with Crippen LogP contribution in [0.1, 0.15) is 72.7 Å². The van der Waals surface area contributed by atoms with Crippen molar-refractivity contribution in [3.63, 3.8) is 0 Å². The van der Waals surface area contributed by atoms with E-state index in [1.165, 1.54) is 6.07 Å². The van der Waals surface area contributed by atoms with E-state index < -0.39 is 41.4 Å². The number of hydrogen-bond acceptors (Lipinski definition) is 6.